The summed E-state index contributed by atoms with van der Waals surface area (Å²) in [4.78, 5) is 11.6. The Hall–Kier alpha value is -2.70. The molecule has 0 bridgehead atoms. The van der Waals surface area contributed by atoms with Gasteiger partial charge in [0.2, 0.25) is 0 Å². The van der Waals surface area contributed by atoms with E-state index < -0.39 is 0 Å². The average Bonchev–Trinajstić information content (AvgIpc) is 3.29. The summed E-state index contributed by atoms with van der Waals surface area (Å²) in [5, 5.41) is 1.32. The highest BCUT2D eigenvalue weighted by Gasteiger charge is 2.42. The number of anilines is 1. The number of hydrogen-bond donors (Lipinski definition) is 1. The third kappa shape index (κ3) is 4.59. The van der Waals surface area contributed by atoms with Crippen molar-refractivity contribution in [2.45, 2.75) is 52.1 Å². The number of aromatic nitrogens is 1. The number of nitrogens with zero attached hydrogens (tertiary/aromatic N) is 3. The molecule has 1 N–H and O–H groups in total. The first kappa shape index (κ1) is 25.9. The lowest BCUT2D eigenvalue weighted by molar-refractivity contribution is -0.0186. The van der Waals surface area contributed by atoms with Crippen molar-refractivity contribution < 1.29 is 9.47 Å². The fourth-order valence-electron chi connectivity index (χ4n) is 6.53. The van der Waals surface area contributed by atoms with Crippen LogP contribution in [0.2, 0.25) is 0 Å². The Morgan fingerprint density at radius 2 is 1.68 bits per heavy atom. The van der Waals surface area contributed by atoms with Gasteiger partial charge in [-0.3, -0.25) is 4.90 Å². The molecule has 2 fully saturated rings. The summed E-state index contributed by atoms with van der Waals surface area (Å²) in [7, 11) is 5.64. The molecule has 2 aromatic carbocycles. The third-order valence-electron chi connectivity index (χ3n) is 9.50. The van der Waals surface area contributed by atoms with E-state index in [1.165, 1.54) is 40.8 Å². The lowest BCUT2D eigenvalue weighted by Gasteiger charge is -2.53. The Balaban J connectivity index is 1.36. The Morgan fingerprint density at radius 1 is 0.946 bits per heavy atom. The molecule has 2 atom stereocenters. The fourth-order valence-corrected chi connectivity index (χ4v) is 6.53. The summed E-state index contributed by atoms with van der Waals surface area (Å²) in [5.74, 6) is 2.16. The second kappa shape index (κ2) is 10.2. The van der Waals surface area contributed by atoms with Crippen LogP contribution in [0.5, 0.6) is 11.5 Å². The van der Waals surface area contributed by atoms with Gasteiger partial charge >= 0.3 is 0 Å². The highest BCUT2D eigenvalue weighted by Crippen LogP contribution is 2.38. The van der Waals surface area contributed by atoms with Gasteiger partial charge in [-0.1, -0.05) is 13.8 Å². The molecule has 2 unspecified atom stereocenters. The smallest absolute Gasteiger partial charge is 0.161 e. The van der Waals surface area contributed by atoms with E-state index in [2.05, 4.69) is 84.8 Å². The number of nitrogens with one attached hydrogen (secondary N) is 1. The number of hydrogen-bond acceptors (Lipinski definition) is 5. The molecule has 1 aromatic heterocycles. The van der Waals surface area contributed by atoms with Crippen LogP contribution in [0.3, 0.4) is 0 Å². The van der Waals surface area contributed by atoms with Gasteiger partial charge in [0, 0.05) is 65.6 Å². The molecule has 2 aliphatic rings. The molecule has 2 saturated heterocycles. The van der Waals surface area contributed by atoms with Crippen LogP contribution < -0.4 is 14.4 Å². The van der Waals surface area contributed by atoms with Crippen molar-refractivity contribution in [3.63, 3.8) is 0 Å². The number of likely N-dealkylation sites (tertiary alicyclic amines) is 1. The molecular weight excluding hydrogens is 460 g/mol. The minimum Gasteiger partial charge on any atom is -0.493 e. The van der Waals surface area contributed by atoms with Gasteiger partial charge in [0.15, 0.2) is 11.5 Å². The molecule has 200 valence electrons. The topological polar surface area (TPSA) is 44.0 Å². The third-order valence-corrected chi connectivity index (χ3v) is 9.50. The van der Waals surface area contributed by atoms with Crippen LogP contribution in [-0.4, -0.2) is 80.4 Å². The summed E-state index contributed by atoms with van der Waals surface area (Å²) in [6.45, 7) is 15.1. The summed E-state index contributed by atoms with van der Waals surface area (Å²) in [6.07, 6.45) is 2.24. The first-order valence-electron chi connectivity index (χ1n) is 13.9. The minimum atomic E-state index is 0.252. The van der Waals surface area contributed by atoms with Crippen LogP contribution in [-0.2, 0) is 6.42 Å². The number of ether oxygens (including phenoxy) is 2. The molecule has 37 heavy (non-hydrogen) atoms. The van der Waals surface area contributed by atoms with Crippen LogP contribution in [0.4, 0.5) is 5.69 Å². The van der Waals surface area contributed by atoms with Crippen molar-refractivity contribution in [3.8, 4) is 22.8 Å². The number of aryl methyl sites for hydroxylation is 1. The molecule has 0 saturated carbocycles. The molecule has 6 nitrogen and oxygen atoms in total. The number of fused-ring (bicyclic) bond motifs is 1. The molecule has 5 rings (SSSR count). The van der Waals surface area contributed by atoms with Crippen LogP contribution in [0, 0.1) is 5.92 Å². The zero-order valence-electron chi connectivity index (χ0n) is 23.7. The van der Waals surface area contributed by atoms with Gasteiger partial charge in [-0.05, 0) is 88.2 Å². The van der Waals surface area contributed by atoms with Crippen molar-refractivity contribution in [1.82, 2.24) is 14.8 Å². The van der Waals surface area contributed by atoms with Gasteiger partial charge in [-0.2, -0.15) is 0 Å². The zero-order valence-corrected chi connectivity index (χ0v) is 23.7. The predicted octanol–water partition coefficient (Wildman–Crippen LogP) is 5.66. The molecule has 0 radical (unpaired) electrons. The van der Waals surface area contributed by atoms with Gasteiger partial charge in [0.05, 0.1) is 14.2 Å². The highest BCUT2D eigenvalue weighted by atomic mass is 16.5. The van der Waals surface area contributed by atoms with Gasteiger partial charge < -0.3 is 24.3 Å². The van der Waals surface area contributed by atoms with Crippen LogP contribution in [0.15, 0.2) is 36.4 Å². The number of methoxy groups -OCH3 is 2. The molecule has 3 aromatic rings. The van der Waals surface area contributed by atoms with E-state index in [4.69, 9.17) is 9.47 Å². The van der Waals surface area contributed by atoms with E-state index in [0.717, 1.165) is 49.7 Å². The molecule has 3 heterocycles. The lowest BCUT2D eigenvalue weighted by Crippen LogP contribution is -2.62. The van der Waals surface area contributed by atoms with Crippen molar-refractivity contribution in [2.24, 2.45) is 5.92 Å². The molecule has 2 aliphatic heterocycles. The highest BCUT2D eigenvalue weighted by molar-refractivity contribution is 5.93. The maximum absolute atomic E-state index is 5.57. The van der Waals surface area contributed by atoms with Crippen molar-refractivity contribution in [3.05, 3.63) is 42.0 Å². The zero-order chi connectivity index (χ0) is 26.3. The molecule has 0 amide bonds. The monoisotopic (exact) mass is 504 g/mol. The van der Waals surface area contributed by atoms with E-state index in [-0.39, 0.29) is 5.54 Å². The van der Waals surface area contributed by atoms with Gasteiger partial charge in [-0.15, -0.1) is 0 Å². The molecule has 6 heteroatoms. The maximum atomic E-state index is 5.57. The number of piperidine rings is 1. The van der Waals surface area contributed by atoms with E-state index in [1.54, 1.807) is 14.2 Å². The molecule has 0 spiro atoms. The van der Waals surface area contributed by atoms with E-state index in [9.17, 15) is 0 Å². The van der Waals surface area contributed by atoms with Gasteiger partial charge in [0.1, 0.15) is 0 Å². The first-order valence-corrected chi connectivity index (χ1v) is 13.9. The summed E-state index contributed by atoms with van der Waals surface area (Å²) in [5.41, 5.74) is 6.41. The summed E-state index contributed by atoms with van der Waals surface area (Å²) >= 11 is 0. The lowest BCUT2D eigenvalue weighted by atomic mass is 9.76. The summed E-state index contributed by atoms with van der Waals surface area (Å²) in [6, 6.07) is 13.8. The van der Waals surface area contributed by atoms with Crippen molar-refractivity contribution in [1.29, 1.82) is 0 Å². The number of rotatable bonds is 6. The fraction of sp³-hybridized carbons (Fsp3) is 0.548. The quantitative estimate of drug-likeness (QED) is 0.470. The van der Waals surface area contributed by atoms with Crippen LogP contribution in [0.1, 0.15) is 39.7 Å². The normalized spacial score (nSPS) is 22.9. The first-order chi connectivity index (χ1) is 17.8. The van der Waals surface area contributed by atoms with Gasteiger partial charge in [-0.25, -0.2) is 0 Å². The van der Waals surface area contributed by atoms with E-state index in [1.807, 2.05) is 6.07 Å². The van der Waals surface area contributed by atoms with Crippen LogP contribution in [0.25, 0.3) is 22.2 Å². The number of benzene rings is 2. The Morgan fingerprint density at radius 3 is 2.35 bits per heavy atom. The van der Waals surface area contributed by atoms with Crippen molar-refractivity contribution >= 4 is 16.6 Å². The average molecular weight is 505 g/mol. The Labute approximate surface area is 222 Å². The SMILES string of the molecule is CCc1c(-c2ccc(OC)c(OC)c2)[nH]c2ccc(N3CCN(C4CCN(C)C(C)(C)C4C)CC3)cc12. The van der Waals surface area contributed by atoms with Crippen molar-refractivity contribution in [2.75, 3.05) is 58.9 Å². The second-order valence-corrected chi connectivity index (χ2v) is 11.4. The molecular formula is C31H44N4O2. The predicted molar refractivity (Wildman–Crippen MR) is 154 cm³/mol. The largest absolute Gasteiger partial charge is 0.493 e. The second-order valence-electron chi connectivity index (χ2n) is 11.4. The van der Waals surface area contributed by atoms with Crippen LogP contribution >= 0.6 is 0 Å². The van der Waals surface area contributed by atoms with Gasteiger partial charge in [0.25, 0.3) is 0 Å². The number of H-pyrrole nitrogens is 1. The maximum Gasteiger partial charge on any atom is 0.161 e. The standard InChI is InChI=1S/C31H44N4O2/c1-8-24-25-20-23(10-11-26(25)32-30(24)22-9-12-28(36-6)29(19-22)37-7)34-15-17-35(18-16-34)27-13-14-33(5)31(3,4)21(27)2/h9-12,19-21,27,32H,8,13-18H2,1-7H3. The molecule has 0 aliphatic carbocycles. The van der Waals surface area contributed by atoms with E-state index >= 15 is 0 Å². The Kier molecular flexibility index (Phi) is 7.16. The summed E-state index contributed by atoms with van der Waals surface area (Å²) < 4.78 is 11.0. The number of piperazine rings is 1. The van der Waals surface area contributed by atoms with E-state index in [0.29, 0.717) is 12.0 Å². The number of aromatic amines is 1. The Bertz CT molecular complexity index is 1240. The minimum absolute atomic E-state index is 0.252.